The van der Waals surface area contributed by atoms with Crippen LogP contribution < -0.4 is 0 Å². The zero-order valence-corrected chi connectivity index (χ0v) is 10.8. The van der Waals surface area contributed by atoms with Gasteiger partial charge >= 0.3 is 5.97 Å². The lowest BCUT2D eigenvalue weighted by molar-refractivity contribution is -0.131. The molecule has 0 aliphatic heterocycles. The first-order valence-electron chi connectivity index (χ1n) is 6.19. The van der Waals surface area contributed by atoms with E-state index in [-0.39, 0.29) is 19.1 Å². The zero-order chi connectivity index (χ0) is 13.5. The van der Waals surface area contributed by atoms with Gasteiger partial charge in [0, 0.05) is 25.2 Å². The summed E-state index contributed by atoms with van der Waals surface area (Å²) in [5, 5.41) is 25.1. The predicted molar refractivity (Wildman–Crippen MR) is 68.9 cm³/mol. The Balaban J connectivity index is 0. The summed E-state index contributed by atoms with van der Waals surface area (Å²) in [6, 6.07) is 0. The van der Waals surface area contributed by atoms with Crippen molar-refractivity contribution < 1.29 is 20.1 Å². The van der Waals surface area contributed by atoms with Crippen LogP contribution >= 0.6 is 0 Å². The molecule has 0 aliphatic rings. The van der Waals surface area contributed by atoms with Crippen LogP contribution in [0.1, 0.15) is 45.4 Å². The lowest BCUT2D eigenvalue weighted by Gasteiger charge is -2.09. The van der Waals surface area contributed by atoms with Gasteiger partial charge in [-0.2, -0.15) is 0 Å². The van der Waals surface area contributed by atoms with Gasteiger partial charge in [-0.1, -0.05) is 45.6 Å². The predicted octanol–water partition coefficient (Wildman–Crippen LogP) is 2.20. The summed E-state index contributed by atoms with van der Waals surface area (Å²) in [6.45, 7) is 5.42. The SMILES string of the molecule is C=CC(=O)O.CCCCCCCC(CO)CO. The molecule has 0 rings (SSSR count). The van der Waals surface area contributed by atoms with Crippen LogP contribution in [0.4, 0.5) is 0 Å². The number of carbonyl (C=O) groups is 1. The molecule has 4 heteroatoms. The van der Waals surface area contributed by atoms with Crippen molar-refractivity contribution in [2.45, 2.75) is 45.4 Å². The topological polar surface area (TPSA) is 77.8 Å². The summed E-state index contributed by atoms with van der Waals surface area (Å²) >= 11 is 0. The number of unbranched alkanes of at least 4 members (excludes halogenated alkanes) is 4. The standard InChI is InChI=1S/C10H22O2.C3H4O2/c1-2-3-4-5-6-7-10(8-11)9-12;1-2-3(4)5/h10-12H,2-9H2,1H3;2H,1H2,(H,4,5). The van der Waals surface area contributed by atoms with Gasteiger partial charge in [-0.15, -0.1) is 0 Å². The van der Waals surface area contributed by atoms with E-state index >= 15 is 0 Å². The Bertz CT molecular complexity index is 176. The summed E-state index contributed by atoms with van der Waals surface area (Å²) in [6.07, 6.45) is 8.05. The molecule has 4 nitrogen and oxygen atoms in total. The maximum atomic E-state index is 9.25. The minimum Gasteiger partial charge on any atom is -0.478 e. The molecule has 102 valence electrons. The van der Waals surface area contributed by atoms with E-state index in [1.807, 2.05) is 0 Å². The van der Waals surface area contributed by atoms with Gasteiger partial charge < -0.3 is 15.3 Å². The van der Waals surface area contributed by atoms with Gasteiger partial charge in [-0.05, 0) is 6.42 Å². The number of hydrogen-bond donors (Lipinski definition) is 3. The number of carboxylic acid groups (broad SMARTS) is 1. The summed E-state index contributed by atoms with van der Waals surface area (Å²) in [7, 11) is 0. The van der Waals surface area contributed by atoms with E-state index in [2.05, 4.69) is 13.5 Å². The van der Waals surface area contributed by atoms with Crippen molar-refractivity contribution in [3.8, 4) is 0 Å². The average Bonchev–Trinajstić information content (AvgIpc) is 2.34. The highest BCUT2D eigenvalue weighted by atomic mass is 16.4. The Kier molecular flexibility index (Phi) is 16.5. The van der Waals surface area contributed by atoms with Gasteiger partial charge in [-0.25, -0.2) is 4.79 Å². The first-order valence-corrected chi connectivity index (χ1v) is 6.19. The monoisotopic (exact) mass is 246 g/mol. The molecular formula is C13H26O4. The highest BCUT2D eigenvalue weighted by molar-refractivity contribution is 5.78. The second-order valence-corrected chi connectivity index (χ2v) is 3.98. The second kappa shape index (κ2) is 15.1. The van der Waals surface area contributed by atoms with Crippen molar-refractivity contribution in [2.75, 3.05) is 13.2 Å². The molecule has 0 aromatic rings. The van der Waals surface area contributed by atoms with Crippen LogP contribution in [-0.4, -0.2) is 34.5 Å². The summed E-state index contributed by atoms with van der Waals surface area (Å²) < 4.78 is 0. The van der Waals surface area contributed by atoms with Gasteiger partial charge in [0.15, 0.2) is 0 Å². The fraction of sp³-hybridized carbons (Fsp3) is 0.769. The number of aliphatic hydroxyl groups is 2. The third kappa shape index (κ3) is 17.7. The molecule has 0 aromatic heterocycles. The number of aliphatic hydroxyl groups excluding tert-OH is 2. The van der Waals surface area contributed by atoms with Crippen LogP contribution in [0.2, 0.25) is 0 Å². The Morgan fingerprint density at radius 3 is 2.00 bits per heavy atom. The lowest BCUT2D eigenvalue weighted by Crippen LogP contribution is -2.10. The minimum atomic E-state index is -0.981. The Morgan fingerprint density at radius 1 is 1.18 bits per heavy atom. The number of rotatable bonds is 9. The largest absolute Gasteiger partial charge is 0.478 e. The van der Waals surface area contributed by atoms with Crippen molar-refractivity contribution in [3.63, 3.8) is 0 Å². The smallest absolute Gasteiger partial charge is 0.327 e. The van der Waals surface area contributed by atoms with Gasteiger partial charge in [0.1, 0.15) is 0 Å². The third-order valence-electron chi connectivity index (χ3n) is 2.41. The van der Waals surface area contributed by atoms with Crippen molar-refractivity contribution in [1.82, 2.24) is 0 Å². The molecule has 0 saturated heterocycles. The van der Waals surface area contributed by atoms with Gasteiger partial charge in [0.25, 0.3) is 0 Å². The molecule has 3 N–H and O–H groups in total. The fourth-order valence-electron chi connectivity index (χ4n) is 1.28. The molecular weight excluding hydrogens is 220 g/mol. The molecule has 0 aromatic carbocycles. The molecule has 0 radical (unpaired) electrons. The zero-order valence-electron chi connectivity index (χ0n) is 10.8. The summed E-state index contributed by atoms with van der Waals surface area (Å²) in [5.74, 6) is -0.864. The van der Waals surface area contributed by atoms with Gasteiger partial charge in [0.2, 0.25) is 0 Å². The van der Waals surface area contributed by atoms with Gasteiger partial charge in [0.05, 0.1) is 0 Å². The molecule has 0 saturated carbocycles. The van der Waals surface area contributed by atoms with E-state index in [0.717, 1.165) is 18.9 Å². The van der Waals surface area contributed by atoms with E-state index < -0.39 is 5.97 Å². The van der Waals surface area contributed by atoms with E-state index in [9.17, 15) is 4.79 Å². The van der Waals surface area contributed by atoms with Crippen LogP contribution in [-0.2, 0) is 4.79 Å². The van der Waals surface area contributed by atoms with E-state index in [0.29, 0.717) is 0 Å². The normalized spacial score (nSPS) is 9.65. The highest BCUT2D eigenvalue weighted by Crippen LogP contribution is 2.10. The number of carboxylic acids is 1. The highest BCUT2D eigenvalue weighted by Gasteiger charge is 2.03. The Labute approximate surface area is 104 Å². The van der Waals surface area contributed by atoms with Crippen LogP contribution in [0.5, 0.6) is 0 Å². The average molecular weight is 246 g/mol. The maximum absolute atomic E-state index is 9.25. The first-order chi connectivity index (χ1) is 8.12. The van der Waals surface area contributed by atoms with Crippen molar-refractivity contribution in [1.29, 1.82) is 0 Å². The fourth-order valence-corrected chi connectivity index (χ4v) is 1.28. The van der Waals surface area contributed by atoms with Crippen molar-refractivity contribution in [3.05, 3.63) is 12.7 Å². The molecule has 0 unspecified atom stereocenters. The molecule has 0 heterocycles. The molecule has 0 aliphatic carbocycles. The van der Waals surface area contributed by atoms with Crippen LogP contribution in [0.25, 0.3) is 0 Å². The maximum Gasteiger partial charge on any atom is 0.327 e. The minimum absolute atomic E-state index is 0.117. The van der Waals surface area contributed by atoms with Crippen molar-refractivity contribution >= 4 is 5.97 Å². The Morgan fingerprint density at radius 2 is 1.65 bits per heavy atom. The van der Waals surface area contributed by atoms with Crippen molar-refractivity contribution in [2.24, 2.45) is 5.92 Å². The quantitative estimate of drug-likeness (QED) is 0.430. The molecule has 0 fully saturated rings. The summed E-state index contributed by atoms with van der Waals surface area (Å²) in [5.41, 5.74) is 0. The number of hydrogen-bond acceptors (Lipinski definition) is 3. The molecule has 0 bridgehead atoms. The van der Waals surface area contributed by atoms with Crippen LogP contribution in [0.15, 0.2) is 12.7 Å². The van der Waals surface area contributed by atoms with E-state index in [1.165, 1.54) is 25.7 Å². The lowest BCUT2D eigenvalue weighted by atomic mass is 10.0. The molecule has 0 atom stereocenters. The Hall–Kier alpha value is -0.870. The second-order valence-electron chi connectivity index (χ2n) is 3.98. The molecule has 17 heavy (non-hydrogen) atoms. The number of aliphatic carboxylic acids is 1. The first kappa shape index (κ1) is 18.5. The van der Waals surface area contributed by atoms with E-state index in [1.54, 1.807) is 0 Å². The van der Waals surface area contributed by atoms with E-state index in [4.69, 9.17) is 15.3 Å². The molecule has 0 amide bonds. The third-order valence-corrected chi connectivity index (χ3v) is 2.41. The van der Waals surface area contributed by atoms with Crippen LogP contribution in [0, 0.1) is 5.92 Å². The van der Waals surface area contributed by atoms with Gasteiger partial charge in [-0.3, -0.25) is 0 Å². The van der Waals surface area contributed by atoms with Crippen LogP contribution in [0.3, 0.4) is 0 Å². The summed E-state index contributed by atoms with van der Waals surface area (Å²) in [4.78, 5) is 9.25. The molecule has 0 spiro atoms.